The van der Waals surface area contributed by atoms with Gasteiger partial charge in [0.2, 0.25) is 0 Å². The van der Waals surface area contributed by atoms with Gasteiger partial charge in [-0.3, -0.25) is 14.1 Å². The van der Waals surface area contributed by atoms with Crippen molar-refractivity contribution in [3.05, 3.63) is 14.1 Å². The zero-order valence-electron chi connectivity index (χ0n) is 6.89. The van der Waals surface area contributed by atoms with E-state index in [-0.39, 0.29) is 32.7 Å². The molecule has 0 amide bonds. The second-order valence-corrected chi connectivity index (χ2v) is 2.16. The minimum atomic E-state index is 0. The third kappa shape index (κ3) is 425. The number of hydrogen-bond acceptors (Lipinski definition) is 2. The van der Waals surface area contributed by atoms with Gasteiger partial charge < -0.3 is 9.80 Å². The van der Waals surface area contributed by atoms with E-state index in [9.17, 15) is 0 Å². The summed E-state index contributed by atoms with van der Waals surface area (Å²) in [6, 6.07) is 0. The Bertz CT molecular complexity index is 26.5. The standard InChI is InChI=1S/2C3H8N.Y/c2*1-4(2)3;/h2*1H2,2-3H3;/q2*-1;. The summed E-state index contributed by atoms with van der Waals surface area (Å²) < 4.78 is 0. The molecule has 0 fully saturated rings. The third-order valence-corrected chi connectivity index (χ3v) is 0. The molecule has 0 aliphatic rings. The van der Waals surface area contributed by atoms with Crippen molar-refractivity contribution in [3.8, 4) is 0 Å². The van der Waals surface area contributed by atoms with Gasteiger partial charge in [-0.15, -0.1) is 0 Å². The van der Waals surface area contributed by atoms with E-state index in [0.717, 1.165) is 0 Å². The van der Waals surface area contributed by atoms with Crippen LogP contribution < -0.4 is 0 Å². The number of hydrogen-bond donors (Lipinski definition) is 0. The van der Waals surface area contributed by atoms with Crippen LogP contribution in [-0.2, 0) is 32.7 Å². The molecule has 0 aromatic rings. The van der Waals surface area contributed by atoms with Crippen LogP contribution in [0.5, 0.6) is 0 Å². The summed E-state index contributed by atoms with van der Waals surface area (Å²) in [7, 11) is 14.5. The number of nitrogens with zero attached hydrogens (tertiary/aromatic N) is 2. The van der Waals surface area contributed by atoms with Crippen LogP contribution in [0.25, 0.3) is 0 Å². The molecule has 0 bridgehead atoms. The van der Waals surface area contributed by atoms with Crippen LogP contribution in [0, 0.1) is 14.1 Å². The van der Waals surface area contributed by atoms with Gasteiger partial charge in [-0.25, -0.2) is 0 Å². The van der Waals surface area contributed by atoms with Crippen molar-refractivity contribution in [2.45, 2.75) is 0 Å². The fourth-order valence-corrected chi connectivity index (χ4v) is 0. The molecule has 0 N–H and O–H groups in total. The Morgan fingerprint density at radius 3 is 0.778 bits per heavy atom. The summed E-state index contributed by atoms with van der Waals surface area (Å²) in [5.74, 6) is 0. The van der Waals surface area contributed by atoms with Gasteiger partial charge in [-0.1, -0.05) is 0 Å². The number of rotatable bonds is 0. The van der Waals surface area contributed by atoms with Gasteiger partial charge in [-0.05, 0) is 28.2 Å². The van der Waals surface area contributed by atoms with Gasteiger partial charge in [0.1, 0.15) is 0 Å². The fraction of sp³-hybridized carbons (Fsp3) is 0.667. The first-order valence-corrected chi connectivity index (χ1v) is 2.42. The topological polar surface area (TPSA) is 6.48 Å². The van der Waals surface area contributed by atoms with Gasteiger partial charge in [-0.2, -0.15) is 0 Å². The van der Waals surface area contributed by atoms with Gasteiger partial charge >= 0.3 is 0 Å². The van der Waals surface area contributed by atoms with E-state index >= 15 is 0 Å². The quantitative estimate of drug-likeness (QED) is 0.536. The summed E-state index contributed by atoms with van der Waals surface area (Å²) in [6.45, 7) is 0. The minimum Gasteiger partial charge on any atom is -0.464 e. The molecule has 0 saturated carbocycles. The fourth-order valence-electron chi connectivity index (χ4n) is 0. The average molecular weight is 205 g/mol. The molecule has 55 valence electrons. The predicted molar refractivity (Wildman–Crippen MR) is 38.1 cm³/mol. The molecule has 9 heavy (non-hydrogen) atoms. The van der Waals surface area contributed by atoms with Crippen LogP contribution in [0.2, 0.25) is 0 Å². The van der Waals surface area contributed by atoms with E-state index in [2.05, 4.69) is 14.1 Å². The van der Waals surface area contributed by atoms with E-state index < -0.39 is 0 Å². The Morgan fingerprint density at radius 1 is 0.778 bits per heavy atom. The van der Waals surface area contributed by atoms with Crippen LogP contribution in [-0.4, -0.2) is 38.0 Å². The monoisotopic (exact) mass is 205 g/mol. The van der Waals surface area contributed by atoms with Crippen molar-refractivity contribution in [2.24, 2.45) is 0 Å². The Kier molecular flexibility index (Phi) is 21.6. The smallest absolute Gasteiger partial charge is 0 e. The zero-order chi connectivity index (χ0) is 7.15. The molecule has 0 aromatic carbocycles. The molecular formula is C6H16N2Y-2. The zero-order valence-corrected chi connectivity index (χ0v) is 9.72. The molecule has 0 rings (SSSR count). The van der Waals surface area contributed by atoms with E-state index in [0.29, 0.717) is 0 Å². The van der Waals surface area contributed by atoms with Crippen LogP contribution in [0.1, 0.15) is 0 Å². The maximum atomic E-state index is 3.47. The Labute approximate surface area is 84.5 Å². The Balaban J connectivity index is -0.0000000720. The Morgan fingerprint density at radius 2 is 0.778 bits per heavy atom. The second-order valence-electron chi connectivity index (χ2n) is 2.16. The van der Waals surface area contributed by atoms with E-state index in [1.807, 2.05) is 28.2 Å². The summed E-state index contributed by atoms with van der Waals surface area (Å²) in [4.78, 5) is 3.50. The second kappa shape index (κ2) is 11.8. The molecule has 0 aliphatic heterocycles. The van der Waals surface area contributed by atoms with E-state index in [4.69, 9.17) is 0 Å². The molecule has 0 aliphatic carbocycles. The van der Waals surface area contributed by atoms with Crippen molar-refractivity contribution in [3.63, 3.8) is 0 Å². The molecule has 0 aromatic heterocycles. The molecule has 2 nitrogen and oxygen atoms in total. The maximum absolute atomic E-state index is 3.47. The molecule has 1 radical (unpaired) electrons. The van der Waals surface area contributed by atoms with Gasteiger partial charge in [0.05, 0.1) is 0 Å². The SMILES string of the molecule is [CH2-]N(C)C.[CH2-]N(C)C.[Y]. The van der Waals surface area contributed by atoms with Crippen LogP contribution in [0.15, 0.2) is 0 Å². The summed E-state index contributed by atoms with van der Waals surface area (Å²) in [5.41, 5.74) is 0. The first-order valence-electron chi connectivity index (χ1n) is 2.42. The van der Waals surface area contributed by atoms with Crippen molar-refractivity contribution in [1.82, 2.24) is 9.80 Å². The van der Waals surface area contributed by atoms with E-state index in [1.54, 1.807) is 9.80 Å². The van der Waals surface area contributed by atoms with Crippen molar-refractivity contribution < 1.29 is 32.7 Å². The van der Waals surface area contributed by atoms with Gasteiger partial charge in [0.15, 0.2) is 0 Å². The van der Waals surface area contributed by atoms with Gasteiger partial charge in [0.25, 0.3) is 0 Å². The molecule has 0 heterocycles. The largest absolute Gasteiger partial charge is 0.464 e. The molecule has 0 saturated heterocycles. The summed E-state index contributed by atoms with van der Waals surface area (Å²) >= 11 is 0. The van der Waals surface area contributed by atoms with Crippen molar-refractivity contribution >= 4 is 0 Å². The van der Waals surface area contributed by atoms with Crippen LogP contribution >= 0.6 is 0 Å². The minimum absolute atomic E-state index is 0. The van der Waals surface area contributed by atoms with Crippen LogP contribution in [0.4, 0.5) is 0 Å². The van der Waals surface area contributed by atoms with E-state index in [1.165, 1.54) is 0 Å². The van der Waals surface area contributed by atoms with Crippen LogP contribution in [0.3, 0.4) is 0 Å². The Hall–Kier alpha value is 1.02. The van der Waals surface area contributed by atoms with Gasteiger partial charge in [0, 0.05) is 32.7 Å². The van der Waals surface area contributed by atoms with Crippen molar-refractivity contribution in [1.29, 1.82) is 0 Å². The summed E-state index contributed by atoms with van der Waals surface area (Å²) in [5, 5.41) is 0. The maximum Gasteiger partial charge on any atom is 0 e. The first kappa shape index (κ1) is 16.5. The molecule has 0 atom stereocenters. The summed E-state index contributed by atoms with van der Waals surface area (Å²) in [6.07, 6.45) is 0. The molecule has 3 heteroatoms. The third-order valence-electron chi connectivity index (χ3n) is 0. The first-order chi connectivity index (χ1) is 3.46. The molecule has 0 spiro atoms. The molecule has 0 unspecified atom stereocenters. The molecular weight excluding hydrogens is 189 g/mol. The van der Waals surface area contributed by atoms with Crippen molar-refractivity contribution in [2.75, 3.05) is 28.2 Å². The normalized spacial score (nSPS) is 8.00. The average Bonchev–Trinajstić information content (AvgIpc) is 1.25. The predicted octanol–water partition coefficient (Wildman–Crippen LogP) is 0.677.